The number of hydrogen-bond donors (Lipinski definition) is 2. The van der Waals surface area contributed by atoms with Crippen molar-refractivity contribution in [2.24, 2.45) is 0 Å². The van der Waals surface area contributed by atoms with Crippen LogP contribution in [0.15, 0.2) is 47.1 Å². The van der Waals surface area contributed by atoms with E-state index >= 15 is 0 Å². The number of benzene rings is 1. The lowest BCUT2D eigenvalue weighted by molar-refractivity contribution is 0.0938. The van der Waals surface area contributed by atoms with Gasteiger partial charge in [-0.25, -0.2) is 0 Å². The molecule has 0 aliphatic heterocycles. The van der Waals surface area contributed by atoms with Crippen molar-refractivity contribution in [3.63, 3.8) is 0 Å². The monoisotopic (exact) mass is 272 g/mol. The Hall–Kier alpha value is -2.23. The molecule has 1 heterocycles. The molecule has 0 aliphatic rings. The third kappa shape index (κ3) is 3.88. The van der Waals surface area contributed by atoms with Gasteiger partial charge in [-0.3, -0.25) is 4.79 Å². The van der Waals surface area contributed by atoms with Gasteiger partial charge in [0.15, 0.2) is 0 Å². The van der Waals surface area contributed by atoms with Crippen molar-refractivity contribution in [1.82, 2.24) is 5.32 Å². The van der Waals surface area contributed by atoms with Gasteiger partial charge in [0.25, 0.3) is 5.91 Å². The van der Waals surface area contributed by atoms with E-state index in [2.05, 4.69) is 10.6 Å². The van der Waals surface area contributed by atoms with Crippen molar-refractivity contribution in [3.05, 3.63) is 54.0 Å². The van der Waals surface area contributed by atoms with Gasteiger partial charge >= 0.3 is 0 Å². The Kier molecular flexibility index (Phi) is 4.82. The summed E-state index contributed by atoms with van der Waals surface area (Å²) in [5.41, 5.74) is 1.67. The summed E-state index contributed by atoms with van der Waals surface area (Å²) in [7, 11) is 1.85. The van der Waals surface area contributed by atoms with Crippen LogP contribution in [0.25, 0.3) is 0 Å². The molecule has 106 valence electrons. The van der Waals surface area contributed by atoms with Crippen LogP contribution in [0.5, 0.6) is 0 Å². The molecule has 0 radical (unpaired) electrons. The molecule has 2 aromatic rings. The quantitative estimate of drug-likeness (QED) is 0.849. The molecule has 1 atom stereocenters. The number of carbonyl (C=O) groups excluding carboxylic acids is 1. The Morgan fingerprint density at radius 3 is 2.60 bits per heavy atom. The largest absolute Gasteiger partial charge is 0.469 e. The minimum Gasteiger partial charge on any atom is -0.469 e. The summed E-state index contributed by atoms with van der Waals surface area (Å²) in [6.45, 7) is 2.00. The van der Waals surface area contributed by atoms with E-state index in [0.717, 1.165) is 24.3 Å². The number of anilines is 1. The fraction of sp³-hybridized carbons (Fsp3) is 0.312. The molecule has 0 spiro atoms. The first-order chi connectivity index (χ1) is 9.69. The van der Waals surface area contributed by atoms with E-state index in [1.165, 1.54) is 0 Å². The van der Waals surface area contributed by atoms with Gasteiger partial charge in [-0.2, -0.15) is 0 Å². The number of rotatable bonds is 6. The molecule has 0 saturated heterocycles. The third-order valence-electron chi connectivity index (χ3n) is 3.22. The fourth-order valence-corrected chi connectivity index (χ4v) is 1.98. The van der Waals surface area contributed by atoms with Crippen LogP contribution in [0, 0.1) is 0 Å². The van der Waals surface area contributed by atoms with Gasteiger partial charge in [-0.15, -0.1) is 0 Å². The maximum Gasteiger partial charge on any atom is 0.251 e. The van der Waals surface area contributed by atoms with Crippen LogP contribution in [0.1, 0.15) is 29.5 Å². The van der Waals surface area contributed by atoms with Crippen molar-refractivity contribution >= 4 is 11.6 Å². The van der Waals surface area contributed by atoms with Gasteiger partial charge in [0.05, 0.1) is 6.26 Å². The summed E-state index contributed by atoms with van der Waals surface area (Å²) in [5.74, 6) is 0.907. The lowest BCUT2D eigenvalue weighted by atomic mass is 10.1. The molecule has 0 aliphatic carbocycles. The van der Waals surface area contributed by atoms with Crippen LogP contribution in [-0.2, 0) is 6.42 Å². The lowest BCUT2D eigenvalue weighted by Crippen LogP contribution is -2.32. The summed E-state index contributed by atoms with van der Waals surface area (Å²) >= 11 is 0. The van der Waals surface area contributed by atoms with Crippen molar-refractivity contribution in [2.75, 3.05) is 12.4 Å². The zero-order chi connectivity index (χ0) is 14.4. The molecule has 1 amide bonds. The molecule has 0 bridgehead atoms. The van der Waals surface area contributed by atoms with Gasteiger partial charge in [0, 0.05) is 30.8 Å². The second-order valence-corrected chi connectivity index (χ2v) is 4.82. The highest BCUT2D eigenvalue weighted by molar-refractivity contribution is 5.94. The van der Waals surface area contributed by atoms with E-state index < -0.39 is 0 Å². The summed E-state index contributed by atoms with van der Waals surface area (Å²) in [6.07, 6.45) is 3.35. The van der Waals surface area contributed by atoms with E-state index in [9.17, 15) is 4.79 Å². The number of furan rings is 1. The molecular formula is C16H20N2O2. The molecular weight excluding hydrogens is 252 g/mol. The number of nitrogens with one attached hydrogen (secondary N) is 2. The predicted octanol–water partition coefficient (Wildman–Crippen LogP) is 3.07. The van der Waals surface area contributed by atoms with Gasteiger partial charge in [0.2, 0.25) is 0 Å². The van der Waals surface area contributed by atoms with E-state index in [1.807, 2.05) is 50.4 Å². The first kappa shape index (κ1) is 14.2. The fourth-order valence-electron chi connectivity index (χ4n) is 1.98. The Morgan fingerprint density at radius 1 is 1.25 bits per heavy atom. The molecule has 0 saturated carbocycles. The Morgan fingerprint density at radius 2 is 2.00 bits per heavy atom. The van der Waals surface area contributed by atoms with Crippen LogP contribution >= 0.6 is 0 Å². The molecule has 0 fully saturated rings. The number of aryl methyl sites for hydroxylation is 1. The second kappa shape index (κ2) is 6.80. The van der Waals surface area contributed by atoms with Crippen molar-refractivity contribution in [1.29, 1.82) is 0 Å². The molecule has 1 aromatic heterocycles. The Balaban J connectivity index is 1.83. The van der Waals surface area contributed by atoms with Crippen molar-refractivity contribution in [2.45, 2.75) is 25.8 Å². The highest BCUT2D eigenvalue weighted by atomic mass is 16.3. The number of hydrogen-bond acceptors (Lipinski definition) is 3. The summed E-state index contributed by atoms with van der Waals surface area (Å²) in [4.78, 5) is 12.1. The minimum absolute atomic E-state index is 0.0420. The first-order valence-electron chi connectivity index (χ1n) is 6.80. The molecule has 4 heteroatoms. The lowest BCUT2D eigenvalue weighted by Gasteiger charge is -2.13. The van der Waals surface area contributed by atoms with Gasteiger partial charge in [-0.05, 0) is 49.7 Å². The standard InChI is InChI=1S/C16H20N2O2/c1-12(5-10-15-4-3-11-20-15)18-16(19)13-6-8-14(17-2)9-7-13/h3-4,6-9,11-12,17H,5,10H2,1-2H3,(H,18,19). The van der Waals surface area contributed by atoms with Crippen LogP contribution in [-0.4, -0.2) is 19.0 Å². The Bertz CT molecular complexity index is 532. The normalized spacial score (nSPS) is 11.9. The average Bonchev–Trinajstić information content (AvgIpc) is 2.98. The smallest absolute Gasteiger partial charge is 0.251 e. The second-order valence-electron chi connectivity index (χ2n) is 4.82. The highest BCUT2D eigenvalue weighted by Crippen LogP contribution is 2.10. The van der Waals surface area contributed by atoms with E-state index in [4.69, 9.17) is 4.42 Å². The predicted molar refractivity (Wildman–Crippen MR) is 79.9 cm³/mol. The van der Waals surface area contributed by atoms with Crippen LogP contribution in [0.3, 0.4) is 0 Å². The minimum atomic E-state index is -0.0420. The highest BCUT2D eigenvalue weighted by Gasteiger charge is 2.10. The average molecular weight is 272 g/mol. The molecule has 2 rings (SSSR count). The molecule has 20 heavy (non-hydrogen) atoms. The maximum absolute atomic E-state index is 12.1. The van der Waals surface area contributed by atoms with Gasteiger partial charge in [0.1, 0.15) is 5.76 Å². The zero-order valence-corrected chi connectivity index (χ0v) is 11.8. The van der Waals surface area contributed by atoms with Gasteiger partial charge < -0.3 is 15.1 Å². The first-order valence-corrected chi connectivity index (χ1v) is 6.80. The van der Waals surface area contributed by atoms with E-state index in [-0.39, 0.29) is 11.9 Å². The van der Waals surface area contributed by atoms with Crippen LogP contribution in [0.4, 0.5) is 5.69 Å². The topological polar surface area (TPSA) is 54.3 Å². The SMILES string of the molecule is CNc1ccc(C(=O)NC(C)CCc2ccco2)cc1. The van der Waals surface area contributed by atoms with Crippen LogP contribution < -0.4 is 10.6 Å². The number of carbonyl (C=O) groups is 1. The molecule has 1 aromatic carbocycles. The van der Waals surface area contributed by atoms with Crippen molar-refractivity contribution < 1.29 is 9.21 Å². The third-order valence-corrected chi connectivity index (χ3v) is 3.22. The molecule has 4 nitrogen and oxygen atoms in total. The van der Waals surface area contributed by atoms with Crippen molar-refractivity contribution in [3.8, 4) is 0 Å². The maximum atomic E-state index is 12.1. The summed E-state index contributed by atoms with van der Waals surface area (Å²) < 4.78 is 5.28. The summed E-state index contributed by atoms with van der Waals surface area (Å²) in [5, 5.41) is 6.02. The van der Waals surface area contributed by atoms with Crippen LogP contribution in [0.2, 0.25) is 0 Å². The van der Waals surface area contributed by atoms with E-state index in [1.54, 1.807) is 6.26 Å². The molecule has 2 N–H and O–H groups in total. The molecule has 1 unspecified atom stereocenters. The number of amides is 1. The van der Waals surface area contributed by atoms with Gasteiger partial charge in [-0.1, -0.05) is 0 Å². The zero-order valence-electron chi connectivity index (χ0n) is 11.8. The summed E-state index contributed by atoms with van der Waals surface area (Å²) in [6, 6.07) is 11.4. The van der Waals surface area contributed by atoms with E-state index in [0.29, 0.717) is 5.56 Å². The Labute approximate surface area is 119 Å².